The van der Waals surface area contributed by atoms with Crippen LogP contribution in [0.25, 0.3) is 6.08 Å². The molecule has 0 bridgehead atoms. The van der Waals surface area contributed by atoms with Crippen LogP contribution in [0.15, 0.2) is 11.0 Å². The van der Waals surface area contributed by atoms with Gasteiger partial charge in [0.2, 0.25) is 0 Å². The molecule has 0 aromatic carbocycles. The Bertz CT molecular complexity index is 955. The minimum atomic E-state index is -1.23. The monoisotopic (exact) mass is 507 g/mol. The van der Waals surface area contributed by atoms with Crippen LogP contribution in [0.1, 0.15) is 84.3 Å². The second kappa shape index (κ2) is 10.8. The summed E-state index contributed by atoms with van der Waals surface area (Å²) in [5.41, 5.74) is 0.179. The third-order valence-electron chi connectivity index (χ3n) is 7.93. The fourth-order valence-electron chi connectivity index (χ4n) is 5.07. The summed E-state index contributed by atoms with van der Waals surface area (Å²) in [4.78, 5) is 30.6. The maximum atomic E-state index is 13.2. The van der Waals surface area contributed by atoms with E-state index in [9.17, 15) is 19.8 Å². The number of aromatic nitrogens is 1. The molecule has 2 N–H and O–H groups in total. The summed E-state index contributed by atoms with van der Waals surface area (Å²) in [5, 5.41) is 24.6. The third-order valence-corrected chi connectivity index (χ3v) is 8.72. The summed E-state index contributed by atoms with van der Waals surface area (Å²) >= 11 is 1.56. The highest BCUT2D eigenvalue weighted by Crippen LogP contribution is 2.45. The van der Waals surface area contributed by atoms with Crippen molar-refractivity contribution in [2.75, 3.05) is 0 Å². The summed E-state index contributed by atoms with van der Waals surface area (Å²) in [5.74, 6) is -1.55. The van der Waals surface area contributed by atoms with Crippen molar-refractivity contribution >= 4 is 29.2 Å². The number of cyclic esters (lactones) is 1. The SMILES string of the molecule is CC(=Cc1csc(C)n1)[C@@H]1C[C@H]2O[C@]2(C)CCC[C@H](C)[C@@H](O)[C@@H](C)C(=O)C(C)(C)[C@@H](O)CC(=O)O1. The van der Waals surface area contributed by atoms with Gasteiger partial charge in [0.1, 0.15) is 11.9 Å². The molecule has 0 aliphatic carbocycles. The summed E-state index contributed by atoms with van der Waals surface area (Å²) in [6.45, 7) is 12.8. The molecule has 0 amide bonds. The van der Waals surface area contributed by atoms with Crippen LogP contribution in [0.4, 0.5) is 0 Å². The number of esters is 1. The molecule has 0 unspecified atom stereocenters. The van der Waals surface area contributed by atoms with Gasteiger partial charge in [0.05, 0.1) is 46.5 Å². The second-order valence-corrected chi connectivity index (χ2v) is 12.3. The van der Waals surface area contributed by atoms with Gasteiger partial charge in [-0.3, -0.25) is 9.59 Å². The van der Waals surface area contributed by atoms with Gasteiger partial charge in [0.25, 0.3) is 0 Å². The summed E-state index contributed by atoms with van der Waals surface area (Å²) in [6, 6.07) is 0. The molecule has 0 saturated carbocycles. The van der Waals surface area contributed by atoms with Crippen LogP contribution >= 0.6 is 11.3 Å². The van der Waals surface area contributed by atoms with E-state index in [1.165, 1.54) is 0 Å². The quantitative estimate of drug-likeness (QED) is 0.449. The van der Waals surface area contributed by atoms with Crippen LogP contribution in [-0.4, -0.2) is 57.0 Å². The first-order valence-corrected chi connectivity index (χ1v) is 13.5. The number of fused-ring (bicyclic) bond motifs is 1. The Kier molecular flexibility index (Phi) is 8.62. The van der Waals surface area contributed by atoms with Gasteiger partial charge >= 0.3 is 5.97 Å². The van der Waals surface area contributed by atoms with Crippen molar-refractivity contribution in [1.29, 1.82) is 0 Å². The van der Waals surface area contributed by atoms with E-state index in [1.807, 2.05) is 32.2 Å². The standard InChI is InChI=1S/C27H41NO6S/c1-15-9-8-10-27(7)22(34-27)12-20(16(2)11-19-14-35-18(4)28-19)33-23(30)13-21(29)26(5,6)25(32)17(3)24(15)31/h11,14-15,17,20-22,24,29,31H,8-10,12-13H2,1-7H3/t15-,17+,20-,21-,22+,24+,27+/m0/s1. The van der Waals surface area contributed by atoms with Crippen molar-refractivity contribution in [2.45, 2.75) is 111 Å². The number of ether oxygens (including phenoxy) is 2. The zero-order chi connectivity index (χ0) is 26.1. The summed E-state index contributed by atoms with van der Waals surface area (Å²) in [7, 11) is 0. The highest BCUT2D eigenvalue weighted by Gasteiger charge is 2.53. The van der Waals surface area contributed by atoms with E-state index in [4.69, 9.17) is 9.47 Å². The van der Waals surface area contributed by atoms with Crippen molar-refractivity contribution in [2.24, 2.45) is 17.3 Å². The van der Waals surface area contributed by atoms with E-state index < -0.39 is 35.6 Å². The second-order valence-electron chi connectivity index (χ2n) is 11.3. The molecule has 0 spiro atoms. The van der Waals surface area contributed by atoms with Crippen LogP contribution in [0.5, 0.6) is 0 Å². The van der Waals surface area contributed by atoms with Gasteiger partial charge in [-0.05, 0) is 51.2 Å². The first-order chi connectivity index (χ1) is 16.2. The molecular weight excluding hydrogens is 466 g/mol. The number of aliphatic hydroxyl groups excluding tert-OH is 2. The minimum absolute atomic E-state index is 0.0455. The van der Waals surface area contributed by atoms with E-state index >= 15 is 0 Å². The molecule has 7 nitrogen and oxygen atoms in total. The van der Waals surface area contributed by atoms with E-state index in [2.05, 4.69) is 11.9 Å². The largest absolute Gasteiger partial charge is 0.458 e. The van der Waals surface area contributed by atoms with E-state index in [0.29, 0.717) is 6.42 Å². The fraction of sp³-hybridized carbons (Fsp3) is 0.741. The van der Waals surface area contributed by atoms with Gasteiger partial charge in [-0.25, -0.2) is 4.98 Å². The number of carbonyl (C=O) groups is 2. The number of rotatable bonds is 2. The van der Waals surface area contributed by atoms with E-state index in [0.717, 1.165) is 35.5 Å². The van der Waals surface area contributed by atoms with Gasteiger partial charge < -0.3 is 19.7 Å². The van der Waals surface area contributed by atoms with E-state index in [-0.39, 0.29) is 29.8 Å². The van der Waals surface area contributed by atoms with Crippen molar-refractivity contribution in [3.63, 3.8) is 0 Å². The summed E-state index contributed by atoms with van der Waals surface area (Å²) in [6.07, 6.45) is 1.98. The molecule has 196 valence electrons. The molecule has 2 saturated heterocycles. The lowest BCUT2D eigenvalue weighted by Gasteiger charge is -2.34. The highest BCUT2D eigenvalue weighted by atomic mass is 32.1. The van der Waals surface area contributed by atoms with Crippen LogP contribution in [0, 0.1) is 24.2 Å². The Labute approximate surface area is 212 Å². The molecule has 2 fully saturated rings. The van der Waals surface area contributed by atoms with Gasteiger partial charge in [-0.1, -0.05) is 34.1 Å². The number of hydrogen-bond acceptors (Lipinski definition) is 8. The number of ketones is 1. The van der Waals surface area contributed by atoms with Crippen molar-refractivity contribution < 1.29 is 29.3 Å². The lowest BCUT2D eigenvalue weighted by Crippen LogP contribution is -2.45. The third kappa shape index (κ3) is 6.59. The topological polar surface area (TPSA) is 109 Å². The lowest BCUT2D eigenvalue weighted by molar-refractivity contribution is -0.154. The van der Waals surface area contributed by atoms with Gasteiger partial charge in [-0.2, -0.15) is 0 Å². The first-order valence-electron chi connectivity index (χ1n) is 12.6. The Balaban J connectivity index is 1.85. The van der Waals surface area contributed by atoms with Crippen LogP contribution in [0.3, 0.4) is 0 Å². The molecule has 35 heavy (non-hydrogen) atoms. The Morgan fingerprint density at radius 2 is 1.91 bits per heavy atom. The fourth-order valence-corrected chi connectivity index (χ4v) is 5.64. The number of Topliss-reactive ketones (excluding diaryl/α,β-unsaturated/α-hetero) is 1. The predicted molar refractivity (Wildman–Crippen MR) is 136 cm³/mol. The van der Waals surface area contributed by atoms with Crippen molar-refractivity contribution in [3.8, 4) is 0 Å². The minimum Gasteiger partial charge on any atom is -0.458 e. The Hall–Kier alpha value is -1.61. The lowest BCUT2D eigenvalue weighted by atomic mass is 9.73. The number of aryl methyl sites for hydroxylation is 1. The van der Waals surface area contributed by atoms with Crippen LogP contribution in [-0.2, 0) is 19.1 Å². The van der Waals surface area contributed by atoms with Crippen LogP contribution in [0.2, 0.25) is 0 Å². The summed E-state index contributed by atoms with van der Waals surface area (Å²) < 4.78 is 11.9. The molecule has 2 aliphatic rings. The number of nitrogens with zero attached hydrogens (tertiary/aromatic N) is 1. The smallest absolute Gasteiger partial charge is 0.309 e. The number of hydrogen-bond donors (Lipinski definition) is 2. The maximum absolute atomic E-state index is 13.2. The zero-order valence-corrected chi connectivity index (χ0v) is 22.9. The van der Waals surface area contributed by atoms with Crippen molar-refractivity contribution in [1.82, 2.24) is 4.98 Å². The average molecular weight is 508 g/mol. The van der Waals surface area contributed by atoms with Gasteiger partial charge in [0.15, 0.2) is 0 Å². The molecule has 3 heterocycles. The molecule has 1 aromatic heterocycles. The number of epoxide rings is 1. The van der Waals surface area contributed by atoms with Crippen molar-refractivity contribution in [3.05, 3.63) is 21.7 Å². The average Bonchev–Trinajstić information content (AvgIpc) is 3.22. The molecule has 0 radical (unpaired) electrons. The molecule has 2 aliphatic heterocycles. The molecule has 1 aromatic rings. The molecule has 3 rings (SSSR count). The highest BCUT2D eigenvalue weighted by molar-refractivity contribution is 7.09. The molecular formula is C27H41NO6S. The van der Waals surface area contributed by atoms with Gasteiger partial charge in [-0.15, -0.1) is 11.3 Å². The number of thiazole rings is 1. The predicted octanol–water partition coefficient (Wildman–Crippen LogP) is 4.48. The van der Waals surface area contributed by atoms with Crippen LogP contribution < -0.4 is 0 Å². The normalized spacial score (nSPS) is 37.5. The number of carbonyl (C=O) groups excluding carboxylic acids is 2. The maximum Gasteiger partial charge on any atom is 0.309 e. The Morgan fingerprint density at radius 3 is 2.54 bits per heavy atom. The van der Waals surface area contributed by atoms with Gasteiger partial charge in [0, 0.05) is 17.7 Å². The molecule has 8 heteroatoms. The Morgan fingerprint density at radius 1 is 1.23 bits per heavy atom. The first kappa shape index (κ1) is 28.0. The number of aliphatic hydroxyl groups is 2. The van der Waals surface area contributed by atoms with E-state index in [1.54, 1.807) is 32.1 Å². The molecule has 7 atom stereocenters. The zero-order valence-electron chi connectivity index (χ0n) is 22.0.